The molecule has 2 aromatic carbocycles. The number of nitrogens with one attached hydrogen (secondary N) is 1. The quantitative estimate of drug-likeness (QED) is 0.759. The molecule has 1 amide bonds. The van der Waals surface area contributed by atoms with Crippen molar-refractivity contribution in [3.05, 3.63) is 66.2 Å². The highest BCUT2D eigenvalue weighted by molar-refractivity contribution is 5.94. The molecule has 0 fully saturated rings. The number of benzene rings is 2. The van der Waals surface area contributed by atoms with E-state index in [-0.39, 0.29) is 11.9 Å². The fraction of sp³-hybridized carbons (Fsp3) is 0.238. The number of carbonyl (C=O) groups excluding carboxylic acids is 1. The monoisotopic (exact) mass is 347 g/mol. The molecular formula is C21H21N3O2. The molecule has 5 nitrogen and oxygen atoms in total. The van der Waals surface area contributed by atoms with Gasteiger partial charge in [0.1, 0.15) is 6.04 Å². The molecule has 1 aliphatic rings. The molecule has 0 radical (unpaired) electrons. The predicted molar refractivity (Wildman–Crippen MR) is 102 cm³/mol. The number of hydrogen-bond acceptors (Lipinski definition) is 4. The molecule has 0 saturated heterocycles. The summed E-state index contributed by atoms with van der Waals surface area (Å²) in [6.45, 7) is 4.38. The first-order valence-electron chi connectivity index (χ1n) is 8.80. The lowest BCUT2D eigenvalue weighted by molar-refractivity contribution is -0.116. The van der Waals surface area contributed by atoms with E-state index in [1.165, 1.54) is 5.56 Å². The Morgan fingerprint density at radius 2 is 2.04 bits per heavy atom. The molecule has 0 bridgehead atoms. The van der Waals surface area contributed by atoms with Crippen molar-refractivity contribution in [3.8, 4) is 11.3 Å². The Morgan fingerprint density at radius 1 is 1.23 bits per heavy atom. The minimum Gasteiger partial charge on any atom is -0.438 e. The van der Waals surface area contributed by atoms with Gasteiger partial charge < -0.3 is 14.6 Å². The van der Waals surface area contributed by atoms with Gasteiger partial charge in [0.25, 0.3) is 0 Å². The molecule has 3 aromatic rings. The van der Waals surface area contributed by atoms with Crippen molar-refractivity contribution in [1.29, 1.82) is 0 Å². The van der Waals surface area contributed by atoms with Crippen molar-refractivity contribution < 1.29 is 9.21 Å². The van der Waals surface area contributed by atoms with E-state index in [0.29, 0.717) is 5.89 Å². The molecule has 0 unspecified atom stereocenters. The summed E-state index contributed by atoms with van der Waals surface area (Å²) in [5, 5.41) is 3.44. The van der Waals surface area contributed by atoms with E-state index < -0.39 is 0 Å². The number of anilines is 2. The van der Waals surface area contributed by atoms with Crippen LogP contribution in [0.4, 0.5) is 11.4 Å². The largest absolute Gasteiger partial charge is 0.438 e. The summed E-state index contributed by atoms with van der Waals surface area (Å²) in [6.07, 6.45) is 2.65. The lowest BCUT2D eigenvalue weighted by Crippen LogP contribution is -2.25. The number of oxazole rings is 1. The van der Waals surface area contributed by atoms with Gasteiger partial charge >= 0.3 is 0 Å². The van der Waals surface area contributed by atoms with Crippen molar-refractivity contribution >= 4 is 17.3 Å². The summed E-state index contributed by atoms with van der Waals surface area (Å²) < 4.78 is 5.92. The van der Waals surface area contributed by atoms with E-state index in [2.05, 4.69) is 16.4 Å². The van der Waals surface area contributed by atoms with Crippen LogP contribution in [-0.4, -0.2) is 17.4 Å². The maximum absolute atomic E-state index is 11.7. The third kappa shape index (κ3) is 3.08. The molecule has 132 valence electrons. The number of amides is 1. The lowest BCUT2D eigenvalue weighted by atomic mass is 10.1. The van der Waals surface area contributed by atoms with Gasteiger partial charge in [0.05, 0.1) is 6.20 Å². The molecule has 5 heteroatoms. The Kier molecular flexibility index (Phi) is 4.21. The highest BCUT2D eigenvalue weighted by atomic mass is 16.4. The molecule has 1 N–H and O–H groups in total. The minimum absolute atomic E-state index is 0.0594. The Labute approximate surface area is 152 Å². The molecule has 0 aliphatic carbocycles. The number of aromatic nitrogens is 1. The van der Waals surface area contributed by atoms with Gasteiger partial charge in [-0.3, -0.25) is 4.79 Å². The zero-order valence-corrected chi connectivity index (χ0v) is 14.9. The molecule has 26 heavy (non-hydrogen) atoms. The summed E-state index contributed by atoms with van der Waals surface area (Å²) in [6, 6.07) is 16.0. The number of hydrogen-bond donors (Lipinski definition) is 1. The van der Waals surface area contributed by atoms with E-state index in [9.17, 15) is 4.79 Å². The average molecular weight is 347 g/mol. The van der Waals surface area contributed by atoms with Gasteiger partial charge in [-0.2, -0.15) is 0 Å². The van der Waals surface area contributed by atoms with Crippen molar-refractivity contribution in [1.82, 2.24) is 4.98 Å². The molecule has 4 rings (SSSR count). The van der Waals surface area contributed by atoms with E-state index >= 15 is 0 Å². The minimum atomic E-state index is -0.0594. The standard InChI is InChI=1S/C21H21N3O2/c1-14(21-22-13-20(26-21)16-6-4-3-5-7-16)23-18-8-9-19-17(12-18)10-11-24(19)15(2)25/h3-9,12-14,23H,10-11H2,1-2H3/t14-/m0/s1. The molecule has 2 heterocycles. The zero-order valence-electron chi connectivity index (χ0n) is 14.9. The van der Waals surface area contributed by atoms with Gasteiger partial charge in [-0.15, -0.1) is 0 Å². The highest BCUT2D eigenvalue weighted by Gasteiger charge is 2.22. The van der Waals surface area contributed by atoms with Crippen LogP contribution in [0.5, 0.6) is 0 Å². The van der Waals surface area contributed by atoms with Gasteiger partial charge in [0.2, 0.25) is 11.8 Å². The van der Waals surface area contributed by atoms with Crippen molar-refractivity contribution in [3.63, 3.8) is 0 Å². The zero-order chi connectivity index (χ0) is 18.1. The third-order valence-electron chi connectivity index (χ3n) is 4.69. The van der Waals surface area contributed by atoms with Crippen molar-refractivity contribution in [2.45, 2.75) is 26.3 Å². The van der Waals surface area contributed by atoms with Crippen molar-refractivity contribution in [2.75, 3.05) is 16.8 Å². The Hall–Kier alpha value is -3.08. The summed E-state index contributed by atoms with van der Waals surface area (Å²) in [5.41, 5.74) is 4.22. The number of fused-ring (bicyclic) bond motifs is 1. The predicted octanol–water partition coefficient (Wildman–Crippen LogP) is 4.42. The fourth-order valence-electron chi connectivity index (χ4n) is 3.35. The lowest BCUT2D eigenvalue weighted by Gasteiger charge is -2.16. The van der Waals surface area contributed by atoms with Crippen LogP contribution in [0.15, 0.2) is 59.1 Å². The SMILES string of the molecule is CC(=O)N1CCc2cc(N[C@@H](C)c3ncc(-c4ccccc4)o3)ccc21. The first-order valence-corrected chi connectivity index (χ1v) is 8.80. The number of carbonyl (C=O) groups is 1. The maximum Gasteiger partial charge on any atom is 0.223 e. The molecule has 1 aromatic heterocycles. The van der Waals surface area contributed by atoms with Gasteiger partial charge in [0.15, 0.2) is 5.76 Å². The number of rotatable bonds is 4. The first kappa shape index (κ1) is 16.4. The molecule has 0 saturated carbocycles. The topological polar surface area (TPSA) is 58.4 Å². The maximum atomic E-state index is 11.7. The molecule has 1 aliphatic heterocycles. The summed E-state index contributed by atoms with van der Waals surface area (Å²) in [5.74, 6) is 1.50. The Balaban J connectivity index is 1.50. The van der Waals surface area contributed by atoms with Crippen LogP contribution >= 0.6 is 0 Å². The Bertz CT molecular complexity index is 933. The molecule has 1 atom stereocenters. The molecular weight excluding hydrogens is 326 g/mol. The van der Waals surface area contributed by atoms with Crippen molar-refractivity contribution in [2.24, 2.45) is 0 Å². The third-order valence-corrected chi connectivity index (χ3v) is 4.69. The Morgan fingerprint density at radius 3 is 2.81 bits per heavy atom. The normalized spacial score (nSPS) is 14.2. The van der Waals surface area contributed by atoms with Crippen LogP contribution in [0.1, 0.15) is 31.3 Å². The van der Waals surface area contributed by atoms with Gasteiger partial charge in [-0.25, -0.2) is 4.98 Å². The van der Waals surface area contributed by atoms with Gasteiger partial charge in [0, 0.05) is 30.4 Å². The summed E-state index contributed by atoms with van der Waals surface area (Å²) in [4.78, 5) is 17.9. The molecule has 0 spiro atoms. The van der Waals surface area contributed by atoms with Crippen LogP contribution in [-0.2, 0) is 11.2 Å². The summed E-state index contributed by atoms with van der Waals surface area (Å²) >= 11 is 0. The van der Waals surface area contributed by atoms with E-state index in [0.717, 1.165) is 35.7 Å². The second-order valence-corrected chi connectivity index (χ2v) is 6.56. The fourth-order valence-corrected chi connectivity index (χ4v) is 3.35. The highest BCUT2D eigenvalue weighted by Crippen LogP contribution is 2.32. The average Bonchev–Trinajstić information content (AvgIpc) is 3.29. The van der Waals surface area contributed by atoms with E-state index in [4.69, 9.17) is 4.42 Å². The van der Waals surface area contributed by atoms with Crippen LogP contribution in [0.25, 0.3) is 11.3 Å². The van der Waals surface area contributed by atoms with Crippen LogP contribution in [0, 0.1) is 0 Å². The van der Waals surface area contributed by atoms with E-state index in [1.807, 2.05) is 54.3 Å². The second-order valence-electron chi connectivity index (χ2n) is 6.56. The smallest absolute Gasteiger partial charge is 0.223 e. The van der Waals surface area contributed by atoms with Gasteiger partial charge in [-0.05, 0) is 37.1 Å². The van der Waals surface area contributed by atoms with Crippen LogP contribution in [0.3, 0.4) is 0 Å². The van der Waals surface area contributed by atoms with Gasteiger partial charge in [-0.1, -0.05) is 30.3 Å². The van der Waals surface area contributed by atoms with Crippen LogP contribution < -0.4 is 10.2 Å². The number of nitrogens with zero attached hydrogens (tertiary/aromatic N) is 2. The first-order chi connectivity index (χ1) is 12.6. The van der Waals surface area contributed by atoms with Crippen LogP contribution in [0.2, 0.25) is 0 Å². The van der Waals surface area contributed by atoms with E-state index in [1.54, 1.807) is 13.1 Å². The summed E-state index contributed by atoms with van der Waals surface area (Å²) in [7, 11) is 0. The second kappa shape index (κ2) is 6.67.